The van der Waals surface area contributed by atoms with Gasteiger partial charge in [0.1, 0.15) is 4.70 Å². The van der Waals surface area contributed by atoms with Crippen LogP contribution < -0.4 is 5.56 Å². The maximum Gasteiger partial charge on any atom is 0.271 e. The molecule has 0 amide bonds. The number of nitrogens with zero attached hydrogens (tertiary/aromatic N) is 2. The van der Waals surface area contributed by atoms with Crippen LogP contribution in [0, 0.1) is 12.3 Å². The SMILES string of the molecule is Cc1csc2c(=O)n(CC3(CBr)CCCC3)cnc12. The minimum atomic E-state index is 0.121. The number of alkyl halides is 1. The van der Waals surface area contributed by atoms with E-state index in [0.717, 1.165) is 27.7 Å². The van der Waals surface area contributed by atoms with E-state index in [1.54, 1.807) is 6.33 Å². The van der Waals surface area contributed by atoms with E-state index in [2.05, 4.69) is 20.9 Å². The fourth-order valence-corrected chi connectivity index (χ4v) is 4.68. The predicted molar refractivity (Wildman–Crippen MR) is 83.3 cm³/mol. The average Bonchev–Trinajstić information content (AvgIpc) is 3.02. The van der Waals surface area contributed by atoms with Crippen molar-refractivity contribution in [3.05, 3.63) is 27.6 Å². The van der Waals surface area contributed by atoms with Crippen LogP contribution in [0.15, 0.2) is 16.5 Å². The van der Waals surface area contributed by atoms with Gasteiger partial charge in [-0.2, -0.15) is 0 Å². The second kappa shape index (κ2) is 5.02. The first-order valence-electron chi connectivity index (χ1n) is 6.64. The van der Waals surface area contributed by atoms with Gasteiger partial charge in [-0.1, -0.05) is 28.8 Å². The molecule has 2 aromatic heterocycles. The van der Waals surface area contributed by atoms with Gasteiger partial charge < -0.3 is 0 Å². The summed E-state index contributed by atoms with van der Waals surface area (Å²) in [5, 5.41) is 2.98. The van der Waals surface area contributed by atoms with E-state index >= 15 is 0 Å². The van der Waals surface area contributed by atoms with Crippen molar-refractivity contribution in [2.45, 2.75) is 39.2 Å². The van der Waals surface area contributed by atoms with E-state index in [-0.39, 0.29) is 11.0 Å². The third kappa shape index (κ3) is 2.27. The van der Waals surface area contributed by atoms with Gasteiger partial charge in [0.25, 0.3) is 5.56 Å². The maximum atomic E-state index is 12.5. The van der Waals surface area contributed by atoms with Crippen LogP contribution in [0.1, 0.15) is 31.2 Å². The van der Waals surface area contributed by atoms with Crippen LogP contribution in [-0.2, 0) is 6.54 Å². The monoisotopic (exact) mass is 340 g/mol. The van der Waals surface area contributed by atoms with Gasteiger partial charge in [0.05, 0.1) is 11.8 Å². The van der Waals surface area contributed by atoms with Crippen LogP contribution in [-0.4, -0.2) is 14.9 Å². The summed E-state index contributed by atoms with van der Waals surface area (Å²) in [6.07, 6.45) is 6.67. The predicted octanol–water partition coefficient (Wildman–Crippen LogP) is 3.72. The second-order valence-electron chi connectivity index (χ2n) is 5.61. The molecule has 102 valence electrons. The minimum absolute atomic E-state index is 0.121. The molecule has 3 nitrogen and oxygen atoms in total. The van der Waals surface area contributed by atoms with Crippen molar-refractivity contribution in [2.75, 3.05) is 5.33 Å². The third-order valence-electron chi connectivity index (χ3n) is 4.18. The van der Waals surface area contributed by atoms with Crippen LogP contribution in [0.3, 0.4) is 0 Å². The number of hydrogen-bond acceptors (Lipinski definition) is 3. The van der Waals surface area contributed by atoms with Gasteiger partial charge in [-0.15, -0.1) is 11.3 Å². The Morgan fingerprint density at radius 1 is 1.47 bits per heavy atom. The van der Waals surface area contributed by atoms with Gasteiger partial charge in [0, 0.05) is 11.9 Å². The molecule has 2 heterocycles. The van der Waals surface area contributed by atoms with Crippen molar-refractivity contribution >= 4 is 37.5 Å². The Labute approximate surface area is 124 Å². The lowest BCUT2D eigenvalue weighted by Gasteiger charge is -2.27. The zero-order chi connectivity index (χ0) is 13.5. The molecule has 0 bridgehead atoms. The normalized spacial score (nSPS) is 18.2. The van der Waals surface area contributed by atoms with Crippen LogP contribution >= 0.6 is 27.3 Å². The fraction of sp³-hybridized carbons (Fsp3) is 0.571. The van der Waals surface area contributed by atoms with E-state index in [1.165, 1.54) is 37.0 Å². The standard InChI is InChI=1S/C14H17BrN2OS/c1-10-6-19-12-11(10)16-9-17(13(12)18)8-14(7-15)4-2-3-5-14/h6,9H,2-5,7-8H2,1H3. The van der Waals surface area contributed by atoms with Crippen molar-refractivity contribution < 1.29 is 0 Å². The Kier molecular flexibility index (Phi) is 3.52. The van der Waals surface area contributed by atoms with Crippen molar-refractivity contribution in [1.29, 1.82) is 0 Å². The summed E-state index contributed by atoms with van der Waals surface area (Å²) in [4.78, 5) is 17.0. The lowest BCUT2D eigenvalue weighted by Crippen LogP contribution is -2.31. The number of halogens is 1. The molecule has 0 aromatic carbocycles. The summed E-state index contributed by atoms with van der Waals surface area (Å²) in [7, 11) is 0. The highest BCUT2D eigenvalue weighted by Crippen LogP contribution is 2.40. The zero-order valence-electron chi connectivity index (χ0n) is 11.0. The molecule has 19 heavy (non-hydrogen) atoms. The van der Waals surface area contributed by atoms with Gasteiger partial charge in [0.15, 0.2) is 0 Å². The molecule has 1 aliphatic carbocycles. The number of thiophene rings is 1. The molecule has 0 aliphatic heterocycles. The number of aryl methyl sites for hydroxylation is 1. The number of fused-ring (bicyclic) bond motifs is 1. The maximum absolute atomic E-state index is 12.5. The first-order valence-corrected chi connectivity index (χ1v) is 8.65. The summed E-state index contributed by atoms with van der Waals surface area (Å²) in [6, 6.07) is 0. The van der Waals surface area contributed by atoms with Crippen LogP contribution in [0.4, 0.5) is 0 Å². The van der Waals surface area contributed by atoms with Crippen molar-refractivity contribution in [3.8, 4) is 0 Å². The molecule has 0 unspecified atom stereocenters. The summed E-state index contributed by atoms with van der Waals surface area (Å²) >= 11 is 5.15. The molecular formula is C14H17BrN2OS. The fourth-order valence-electron chi connectivity index (χ4n) is 2.99. The quantitative estimate of drug-likeness (QED) is 0.798. The topological polar surface area (TPSA) is 34.9 Å². The van der Waals surface area contributed by atoms with Crippen LogP contribution in [0.5, 0.6) is 0 Å². The molecule has 3 rings (SSSR count). The van der Waals surface area contributed by atoms with Crippen molar-refractivity contribution in [1.82, 2.24) is 9.55 Å². The number of hydrogen-bond donors (Lipinski definition) is 0. The molecule has 1 fully saturated rings. The van der Waals surface area contributed by atoms with E-state index in [4.69, 9.17) is 0 Å². The smallest absolute Gasteiger partial charge is 0.271 e. The first kappa shape index (κ1) is 13.3. The second-order valence-corrected chi connectivity index (χ2v) is 7.06. The largest absolute Gasteiger partial charge is 0.297 e. The Balaban J connectivity index is 2.01. The Morgan fingerprint density at radius 3 is 2.89 bits per heavy atom. The highest BCUT2D eigenvalue weighted by atomic mass is 79.9. The molecule has 1 aliphatic rings. The van der Waals surface area contributed by atoms with Gasteiger partial charge in [0.2, 0.25) is 0 Å². The Bertz CT molecular complexity index is 655. The van der Waals surface area contributed by atoms with Crippen molar-refractivity contribution in [2.24, 2.45) is 5.41 Å². The first-order chi connectivity index (χ1) is 9.15. The highest BCUT2D eigenvalue weighted by molar-refractivity contribution is 9.09. The van der Waals surface area contributed by atoms with Gasteiger partial charge in [-0.3, -0.25) is 9.36 Å². The molecule has 2 aromatic rings. The molecule has 1 saturated carbocycles. The molecule has 0 atom stereocenters. The van der Waals surface area contributed by atoms with E-state index in [1.807, 2.05) is 16.9 Å². The Morgan fingerprint density at radius 2 is 2.21 bits per heavy atom. The summed E-state index contributed by atoms with van der Waals surface area (Å²) in [5.74, 6) is 0. The molecular weight excluding hydrogens is 324 g/mol. The summed E-state index contributed by atoms with van der Waals surface area (Å²) in [5.41, 5.74) is 2.33. The summed E-state index contributed by atoms with van der Waals surface area (Å²) in [6.45, 7) is 2.80. The van der Waals surface area contributed by atoms with Gasteiger partial charge in [-0.05, 0) is 36.1 Å². The molecule has 0 spiro atoms. The molecule has 0 N–H and O–H groups in total. The van der Waals surface area contributed by atoms with Gasteiger partial charge in [-0.25, -0.2) is 4.98 Å². The average molecular weight is 341 g/mol. The lowest BCUT2D eigenvalue weighted by molar-refractivity contribution is 0.287. The van der Waals surface area contributed by atoms with Crippen molar-refractivity contribution in [3.63, 3.8) is 0 Å². The molecule has 0 saturated heterocycles. The summed E-state index contributed by atoms with van der Waals surface area (Å²) < 4.78 is 2.60. The zero-order valence-corrected chi connectivity index (χ0v) is 13.4. The molecule has 0 radical (unpaired) electrons. The lowest BCUT2D eigenvalue weighted by atomic mass is 9.89. The molecule has 5 heteroatoms. The minimum Gasteiger partial charge on any atom is -0.297 e. The van der Waals surface area contributed by atoms with E-state index < -0.39 is 0 Å². The number of rotatable bonds is 3. The number of aromatic nitrogens is 2. The van der Waals surface area contributed by atoms with E-state index in [9.17, 15) is 4.79 Å². The van der Waals surface area contributed by atoms with Crippen LogP contribution in [0.2, 0.25) is 0 Å². The van der Waals surface area contributed by atoms with Gasteiger partial charge >= 0.3 is 0 Å². The Hall–Kier alpha value is -0.680. The third-order valence-corrected chi connectivity index (χ3v) is 6.44. The van der Waals surface area contributed by atoms with E-state index in [0.29, 0.717) is 0 Å². The highest BCUT2D eigenvalue weighted by Gasteiger charge is 2.33. The van der Waals surface area contributed by atoms with Crippen LogP contribution in [0.25, 0.3) is 10.2 Å².